The number of nitrogens with zero attached hydrogens (tertiary/aromatic N) is 4. The van der Waals surface area contributed by atoms with Gasteiger partial charge in [0.05, 0.1) is 16.7 Å². The summed E-state index contributed by atoms with van der Waals surface area (Å²) in [7, 11) is 0. The standard InChI is InChI=1S/C16H14F3N5O2/c1-8-21-7-10(13(25)22-8)12-23-14(26-24-12)15(2,3)11-6-9(4-5-20-11)16(17,18)19/h4-7H,1-3H3,(H,21,22,25). The van der Waals surface area contributed by atoms with E-state index in [2.05, 4.69) is 25.1 Å². The molecular weight excluding hydrogens is 351 g/mol. The summed E-state index contributed by atoms with van der Waals surface area (Å²) >= 11 is 0. The molecule has 0 spiro atoms. The van der Waals surface area contributed by atoms with Gasteiger partial charge in [0.25, 0.3) is 5.56 Å². The zero-order valence-electron chi connectivity index (χ0n) is 14.0. The number of alkyl halides is 3. The molecule has 10 heteroatoms. The normalized spacial score (nSPS) is 12.4. The number of H-pyrrole nitrogens is 1. The predicted molar refractivity (Wildman–Crippen MR) is 84.3 cm³/mol. The van der Waals surface area contributed by atoms with Gasteiger partial charge >= 0.3 is 6.18 Å². The highest BCUT2D eigenvalue weighted by molar-refractivity contribution is 5.51. The molecule has 0 unspecified atom stereocenters. The molecular formula is C16H14F3N5O2. The monoisotopic (exact) mass is 365 g/mol. The second-order valence-corrected chi connectivity index (χ2v) is 6.19. The SMILES string of the molecule is Cc1ncc(-c2noc(C(C)(C)c3cc(C(F)(F)F)ccn3)n2)c(=O)[nH]1. The van der Waals surface area contributed by atoms with Crippen molar-refractivity contribution in [3.05, 3.63) is 57.9 Å². The van der Waals surface area contributed by atoms with Crippen molar-refractivity contribution in [2.24, 2.45) is 0 Å². The molecule has 0 bridgehead atoms. The molecule has 0 amide bonds. The van der Waals surface area contributed by atoms with Crippen LogP contribution >= 0.6 is 0 Å². The van der Waals surface area contributed by atoms with Crippen LogP contribution < -0.4 is 5.56 Å². The summed E-state index contributed by atoms with van der Waals surface area (Å²) < 4.78 is 44.0. The fourth-order valence-electron chi connectivity index (χ4n) is 2.29. The number of nitrogens with one attached hydrogen (secondary N) is 1. The second kappa shape index (κ2) is 6.04. The Morgan fingerprint density at radius 1 is 1.19 bits per heavy atom. The van der Waals surface area contributed by atoms with Crippen LogP contribution in [0, 0.1) is 6.92 Å². The summed E-state index contributed by atoms with van der Waals surface area (Å²) in [6.45, 7) is 4.82. The largest absolute Gasteiger partial charge is 0.416 e. The van der Waals surface area contributed by atoms with E-state index in [9.17, 15) is 18.0 Å². The van der Waals surface area contributed by atoms with Crippen LogP contribution in [0.2, 0.25) is 0 Å². The highest BCUT2D eigenvalue weighted by Crippen LogP contribution is 2.34. The van der Waals surface area contributed by atoms with Crippen molar-refractivity contribution < 1.29 is 17.7 Å². The third-order valence-electron chi connectivity index (χ3n) is 3.86. The van der Waals surface area contributed by atoms with Crippen molar-refractivity contribution in [2.75, 3.05) is 0 Å². The average molecular weight is 365 g/mol. The first kappa shape index (κ1) is 17.8. The van der Waals surface area contributed by atoms with E-state index in [1.165, 1.54) is 6.20 Å². The van der Waals surface area contributed by atoms with E-state index in [1.54, 1.807) is 20.8 Å². The molecule has 3 aromatic heterocycles. The fraction of sp³-hybridized carbons (Fsp3) is 0.312. The molecule has 0 fully saturated rings. The molecule has 7 nitrogen and oxygen atoms in total. The zero-order chi connectivity index (χ0) is 19.1. The Labute approximate surface area is 145 Å². The average Bonchev–Trinajstić information content (AvgIpc) is 3.04. The number of rotatable bonds is 3. The van der Waals surface area contributed by atoms with Gasteiger partial charge in [0.15, 0.2) is 0 Å². The minimum absolute atomic E-state index is 0.00574. The topological polar surface area (TPSA) is 97.6 Å². The van der Waals surface area contributed by atoms with Crippen LogP contribution in [0.5, 0.6) is 0 Å². The molecule has 3 aromatic rings. The molecule has 3 rings (SSSR count). The van der Waals surface area contributed by atoms with E-state index in [-0.39, 0.29) is 23.0 Å². The fourth-order valence-corrected chi connectivity index (χ4v) is 2.29. The van der Waals surface area contributed by atoms with Crippen molar-refractivity contribution in [2.45, 2.75) is 32.4 Å². The second-order valence-electron chi connectivity index (χ2n) is 6.19. The van der Waals surface area contributed by atoms with Crippen LogP contribution in [0.4, 0.5) is 13.2 Å². The van der Waals surface area contributed by atoms with Crippen LogP contribution in [0.25, 0.3) is 11.4 Å². The summed E-state index contributed by atoms with van der Waals surface area (Å²) in [4.78, 5) is 26.6. The van der Waals surface area contributed by atoms with Gasteiger partial charge in [-0.1, -0.05) is 5.16 Å². The van der Waals surface area contributed by atoms with E-state index < -0.39 is 22.7 Å². The number of pyridine rings is 1. The Morgan fingerprint density at radius 2 is 1.92 bits per heavy atom. The van der Waals surface area contributed by atoms with Crippen LogP contribution in [-0.4, -0.2) is 25.1 Å². The van der Waals surface area contributed by atoms with Crippen LogP contribution in [0.3, 0.4) is 0 Å². The Hall–Kier alpha value is -3.04. The minimum Gasteiger partial charge on any atom is -0.338 e. The number of hydrogen-bond acceptors (Lipinski definition) is 6. The maximum Gasteiger partial charge on any atom is 0.416 e. The van der Waals surface area contributed by atoms with E-state index >= 15 is 0 Å². The van der Waals surface area contributed by atoms with Crippen molar-refractivity contribution in [3.63, 3.8) is 0 Å². The highest BCUT2D eigenvalue weighted by atomic mass is 19.4. The summed E-state index contributed by atoms with van der Waals surface area (Å²) in [5.41, 5.74) is -2.16. The molecule has 0 aromatic carbocycles. The van der Waals surface area contributed by atoms with Gasteiger partial charge in [-0.3, -0.25) is 9.78 Å². The molecule has 0 aliphatic rings. The molecule has 3 heterocycles. The Morgan fingerprint density at radius 3 is 2.58 bits per heavy atom. The van der Waals surface area contributed by atoms with Crippen molar-refractivity contribution in [1.82, 2.24) is 25.1 Å². The summed E-state index contributed by atoms with van der Waals surface area (Å²) in [6.07, 6.45) is -2.11. The van der Waals surface area contributed by atoms with Gasteiger partial charge in [0, 0.05) is 12.4 Å². The number of aromatic nitrogens is 5. The first-order valence-corrected chi connectivity index (χ1v) is 7.53. The smallest absolute Gasteiger partial charge is 0.338 e. The minimum atomic E-state index is -4.49. The Kier molecular flexibility index (Phi) is 4.13. The quantitative estimate of drug-likeness (QED) is 0.766. The lowest BCUT2D eigenvalue weighted by Gasteiger charge is -2.20. The van der Waals surface area contributed by atoms with Gasteiger partial charge in [-0.15, -0.1) is 0 Å². The molecule has 0 saturated heterocycles. The number of aromatic amines is 1. The third kappa shape index (κ3) is 3.22. The lowest BCUT2D eigenvalue weighted by molar-refractivity contribution is -0.137. The van der Waals surface area contributed by atoms with Crippen molar-refractivity contribution in [3.8, 4) is 11.4 Å². The Bertz CT molecular complexity index is 1010. The van der Waals surface area contributed by atoms with Crippen LogP contribution in [0.15, 0.2) is 33.8 Å². The number of halogens is 3. The molecule has 0 aliphatic heterocycles. The van der Waals surface area contributed by atoms with E-state index in [4.69, 9.17) is 4.52 Å². The lowest BCUT2D eigenvalue weighted by atomic mass is 9.88. The number of aryl methyl sites for hydroxylation is 1. The van der Waals surface area contributed by atoms with Gasteiger partial charge < -0.3 is 9.51 Å². The molecule has 136 valence electrons. The van der Waals surface area contributed by atoms with Gasteiger partial charge in [0.1, 0.15) is 11.4 Å². The van der Waals surface area contributed by atoms with Crippen LogP contribution in [-0.2, 0) is 11.6 Å². The van der Waals surface area contributed by atoms with Crippen molar-refractivity contribution >= 4 is 0 Å². The van der Waals surface area contributed by atoms with E-state index in [0.29, 0.717) is 5.82 Å². The predicted octanol–water partition coefficient (Wildman–Crippen LogP) is 2.87. The van der Waals surface area contributed by atoms with Gasteiger partial charge in [0.2, 0.25) is 11.7 Å². The molecule has 0 atom stereocenters. The summed E-state index contributed by atoms with van der Waals surface area (Å²) in [5, 5.41) is 3.74. The van der Waals surface area contributed by atoms with Gasteiger partial charge in [-0.05, 0) is 32.9 Å². The van der Waals surface area contributed by atoms with Gasteiger partial charge in [-0.2, -0.15) is 18.2 Å². The molecule has 1 N–H and O–H groups in total. The van der Waals surface area contributed by atoms with Crippen LogP contribution in [0.1, 0.15) is 36.8 Å². The maximum absolute atomic E-state index is 12.9. The lowest BCUT2D eigenvalue weighted by Crippen LogP contribution is -2.22. The first-order chi connectivity index (χ1) is 12.1. The summed E-state index contributed by atoms with van der Waals surface area (Å²) in [5.74, 6) is 0.448. The van der Waals surface area contributed by atoms with Gasteiger partial charge in [-0.25, -0.2) is 4.98 Å². The molecule has 0 radical (unpaired) electrons. The number of hydrogen-bond donors (Lipinski definition) is 1. The highest BCUT2D eigenvalue weighted by Gasteiger charge is 2.36. The molecule has 0 saturated carbocycles. The van der Waals surface area contributed by atoms with E-state index in [0.717, 1.165) is 18.3 Å². The third-order valence-corrected chi connectivity index (χ3v) is 3.86. The Balaban J connectivity index is 2.01. The summed E-state index contributed by atoms with van der Waals surface area (Å²) in [6, 6.07) is 1.82. The first-order valence-electron chi connectivity index (χ1n) is 7.53. The molecule has 0 aliphatic carbocycles. The maximum atomic E-state index is 12.9. The van der Waals surface area contributed by atoms with E-state index in [1.807, 2.05) is 0 Å². The van der Waals surface area contributed by atoms with Crippen molar-refractivity contribution in [1.29, 1.82) is 0 Å². The zero-order valence-corrected chi connectivity index (χ0v) is 14.0. The molecule has 26 heavy (non-hydrogen) atoms.